The van der Waals surface area contributed by atoms with Crippen LogP contribution in [0.2, 0.25) is 0 Å². The lowest BCUT2D eigenvalue weighted by Crippen LogP contribution is -2.34. The molecule has 0 spiro atoms. The van der Waals surface area contributed by atoms with Gasteiger partial charge in [0.2, 0.25) is 0 Å². The van der Waals surface area contributed by atoms with Gasteiger partial charge in [-0.25, -0.2) is 0 Å². The molecule has 0 aromatic heterocycles. The summed E-state index contributed by atoms with van der Waals surface area (Å²) >= 11 is 0. The highest BCUT2D eigenvalue weighted by atomic mass is 16.3. The summed E-state index contributed by atoms with van der Waals surface area (Å²) in [6.45, 7) is 2.54. The van der Waals surface area contributed by atoms with Crippen LogP contribution < -0.4 is 5.32 Å². The molecule has 0 radical (unpaired) electrons. The molecule has 1 fully saturated rings. The lowest BCUT2D eigenvalue weighted by atomic mass is 10.1. The Morgan fingerprint density at radius 1 is 1.31 bits per heavy atom. The summed E-state index contributed by atoms with van der Waals surface area (Å²) in [5.41, 5.74) is 0. The fourth-order valence-corrected chi connectivity index (χ4v) is 1.63. The first-order chi connectivity index (χ1) is 6.36. The summed E-state index contributed by atoms with van der Waals surface area (Å²) in [5, 5.41) is 12.6. The summed E-state index contributed by atoms with van der Waals surface area (Å²) < 4.78 is 0. The van der Waals surface area contributed by atoms with E-state index < -0.39 is 0 Å². The molecular weight excluding hydrogens is 162 g/mol. The zero-order valence-electron chi connectivity index (χ0n) is 8.76. The molecule has 1 aliphatic rings. The molecule has 1 saturated carbocycles. The van der Waals surface area contributed by atoms with Crippen LogP contribution >= 0.6 is 0 Å². The van der Waals surface area contributed by atoms with Crippen molar-refractivity contribution in [3.05, 3.63) is 0 Å². The van der Waals surface area contributed by atoms with Gasteiger partial charge in [-0.15, -0.1) is 0 Å². The highest BCUT2D eigenvalue weighted by Gasteiger charge is 2.23. The summed E-state index contributed by atoms with van der Waals surface area (Å²) in [4.78, 5) is 0. The standard InChI is InChI=1S/C11H23NO/c1-2-3-4-5-6-11(9-13)12-10-7-8-10/h10-13H,2-9H2,1H3. The molecule has 0 aliphatic heterocycles. The van der Waals surface area contributed by atoms with Crippen LogP contribution in [0.25, 0.3) is 0 Å². The van der Waals surface area contributed by atoms with Crippen molar-refractivity contribution in [1.29, 1.82) is 0 Å². The van der Waals surface area contributed by atoms with Gasteiger partial charge < -0.3 is 10.4 Å². The molecule has 1 aliphatic carbocycles. The van der Waals surface area contributed by atoms with Gasteiger partial charge in [-0.2, -0.15) is 0 Å². The van der Waals surface area contributed by atoms with Gasteiger partial charge in [-0.3, -0.25) is 0 Å². The highest BCUT2D eigenvalue weighted by Crippen LogP contribution is 2.20. The van der Waals surface area contributed by atoms with Gasteiger partial charge in [0, 0.05) is 12.1 Å². The molecule has 78 valence electrons. The van der Waals surface area contributed by atoms with E-state index in [-0.39, 0.29) is 0 Å². The van der Waals surface area contributed by atoms with Gasteiger partial charge in [-0.1, -0.05) is 32.6 Å². The fourth-order valence-electron chi connectivity index (χ4n) is 1.63. The molecular formula is C11H23NO. The third-order valence-corrected chi connectivity index (χ3v) is 2.68. The molecule has 0 amide bonds. The molecule has 0 saturated heterocycles. The molecule has 0 aromatic carbocycles. The van der Waals surface area contributed by atoms with Gasteiger partial charge in [-0.05, 0) is 19.3 Å². The Morgan fingerprint density at radius 2 is 2.08 bits per heavy atom. The molecule has 0 aromatic rings. The zero-order valence-corrected chi connectivity index (χ0v) is 8.76. The van der Waals surface area contributed by atoms with Crippen LogP contribution in [0.3, 0.4) is 0 Å². The van der Waals surface area contributed by atoms with Crippen LogP contribution in [-0.2, 0) is 0 Å². The second-order valence-corrected chi connectivity index (χ2v) is 4.17. The summed E-state index contributed by atoms with van der Waals surface area (Å²) in [6, 6.07) is 1.09. The Hall–Kier alpha value is -0.0800. The summed E-state index contributed by atoms with van der Waals surface area (Å²) in [7, 11) is 0. The predicted octanol–water partition coefficient (Wildman–Crippen LogP) is 2.07. The SMILES string of the molecule is CCCCCCC(CO)NC1CC1. The minimum Gasteiger partial charge on any atom is -0.395 e. The Morgan fingerprint density at radius 3 is 2.62 bits per heavy atom. The lowest BCUT2D eigenvalue weighted by molar-refractivity contribution is 0.231. The van der Waals surface area contributed by atoms with Crippen LogP contribution in [-0.4, -0.2) is 23.8 Å². The van der Waals surface area contributed by atoms with E-state index in [0.717, 1.165) is 12.5 Å². The highest BCUT2D eigenvalue weighted by molar-refractivity contribution is 4.84. The van der Waals surface area contributed by atoms with E-state index in [1.165, 1.54) is 38.5 Å². The predicted molar refractivity (Wildman–Crippen MR) is 55.8 cm³/mol. The van der Waals surface area contributed by atoms with E-state index in [4.69, 9.17) is 5.11 Å². The van der Waals surface area contributed by atoms with E-state index in [9.17, 15) is 0 Å². The molecule has 0 heterocycles. The van der Waals surface area contributed by atoms with Crippen LogP contribution in [0.5, 0.6) is 0 Å². The number of rotatable bonds is 8. The van der Waals surface area contributed by atoms with Crippen LogP contribution in [0.4, 0.5) is 0 Å². The molecule has 0 bridgehead atoms. The van der Waals surface area contributed by atoms with Crippen LogP contribution in [0, 0.1) is 0 Å². The Labute approximate surface area is 81.7 Å². The van der Waals surface area contributed by atoms with Crippen molar-refractivity contribution in [3.63, 3.8) is 0 Å². The monoisotopic (exact) mass is 185 g/mol. The average molecular weight is 185 g/mol. The minimum absolute atomic E-state index is 0.308. The Kier molecular flexibility index (Phi) is 5.40. The average Bonchev–Trinajstić information content (AvgIpc) is 2.94. The Balaban J connectivity index is 1.94. The smallest absolute Gasteiger partial charge is 0.0584 e. The molecule has 13 heavy (non-hydrogen) atoms. The second-order valence-electron chi connectivity index (χ2n) is 4.17. The molecule has 1 rings (SSSR count). The normalized spacial score (nSPS) is 18.9. The molecule has 2 heteroatoms. The third-order valence-electron chi connectivity index (χ3n) is 2.68. The fraction of sp³-hybridized carbons (Fsp3) is 1.00. The van der Waals surface area contributed by atoms with E-state index in [2.05, 4.69) is 12.2 Å². The number of nitrogens with one attached hydrogen (secondary N) is 1. The van der Waals surface area contributed by atoms with Crippen LogP contribution in [0.15, 0.2) is 0 Å². The number of hydrogen-bond donors (Lipinski definition) is 2. The second kappa shape index (κ2) is 6.39. The van der Waals surface area contributed by atoms with Crippen molar-refractivity contribution >= 4 is 0 Å². The van der Waals surface area contributed by atoms with Crippen molar-refractivity contribution in [1.82, 2.24) is 5.32 Å². The van der Waals surface area contributed by atoms with Crippen molar-refractivity contribution in [2.45, 2.75) is 64.0 Å². The number of aliphatic hydroxyl groups is 1. The van der Waals surface area contributed by atoms with E-state index in [1.54, 1.807) is 0 Å². The van der Waals surface area contributed by atoms with Gasteiger partial charge >= 0.3 is 0 Å². The van der Waals surface area contributed by atoms with Gasteiger partial charge in [0.05, 0.1) is 6.61 Å². The van der Waals surface area contributed by atoms with Crippen LogP contribution in [0.1, 0.15) is 51.9 Å². The first-order valence-electron chi connectivity index (χ1n) is 5.73. The number of aliphatic hydroxyl groups excluding tert-OH is 1. The molecule has 2 N–H and O–H groups in total. The minimum atomic E-state index is 0.308. The van der Waals surface area contributed by atoms with Gasteiger partial charge in [0.15, 0.2) is 0 Å². The third kappa shape index (κ3) is 5.27. The van der Waals surface area contributed by atoms with Crippen molar-refractivity contribution in [3.8, 4) is 0 Å². The van der Waals surface area contributed by atoms with E-state index in [1.807, 2.05) is 0 Å². The van der Waals surface area contributed by atoms with Crippen molar-refractivity contribution in [2.75, 3.05) is 6.61 Å². The topological polar surface area (TPSA) is 32.3 Å². The first kappa shape index (κ1) is 11.0. The molecule has 1 unspecified atom stereocenters. The number of hydrogen-bond acceptors (Lipinski definition) is 2. The number of unbranched alkanes of at least 4 members (excludes halogenated alkanes) is 3. The van der Waals surface area contributed by atoms with E-state index >= 15 is 0 Å². The largest absolute Gasteiger partial charge is 0.395 e. The maximum absolute atomic E-state index is 9.10. The maximum Gasteiger partial charge on any atom is 0.0584 e. The van der Waals surface area contributed by atoms with Gasteiger partial charge in [0.1, 0.15) is 0 Å². The van der Waals surface area contributed by atoms with Crippen molar-refractivity contribution < 1.29 is 5.11 Å². The quantitative estimate of drug-likeness (QED) is 0.567. The summed E-state index contributed by atoms with van der Waals surface area (Å²) in [5.74, 6) is 0. The zero-order chi connectivity index (χ0) is 9.52. The lowest BCUT2D eigenvalue weighted by Gasteiger charge is -2.15. The molecule has 2 nitrogen and oxygen atoms in total. The van der Waals surface area contributed by atoms with Gasteiger partial charge in [0.25, 0.3) is 0 Å². The summed E-state index contributed by atoms with van der Waals surface area (Å²) in [6.07, 6.45) is 8.98. The first-order valence-corrected chi connectivity index (χ1v) is 5.73. The molecule has 1 atom stereocenters. The van der Waals surface area contributed by atoms with Crippen molar-refractivity contribution in [2.24, 2.45) is 0 Å². The Bertz CT molecular complexity index is 123. The van der Waals surface area contributed by atoms with E-state index in [0.29, 0.717) is 12.6 Å². The maximum atomic E-state index is 9.10.